The van der Waals surface area contributed by atoms with Crippen LogP contribution in [0.15, 0.2) is 53.3 Å². The zero-order valence-electron chi connectivity index (χ0n) is 18.3. The molecule has 1 amide bonds. The molecule has 0 saturated carbocycles. The number of phenols is 1. The average Bonchev–Trinajstić information content (AvgIpc) is 2.81. The molecule has 1 heterocycles. The molecule has 4 aromatic rings. The Morgan fingerprint density at radius 3 is 2.39 bits per heavy atom. The first-order valence-corrected chi connectivity index (χ1v) is 11.0. The molecule has 0 unspecified atom stereocenters. The summed E-state index contributed by atoms with van der Waals surface area (Å²) in [6, 6.07) is 9.14. The SMILES string of the molecule is Cc1nc2c(F)ccc(NC(=O)c3cc(Cl)c(O)c(Cl)c3)c2c(=O)n1Cc1ccccc1C(F)(F)F. The Hall–Kier alpha value is -3.63. The van der Waals surface area contributed by atoms with E-state index in [1.165, 1.54) is 25.1 Å². The van der Waals surface area contributed by atoms with Crippen LogP contribution in [0.5, 0.6) is 5.75 Å². The molecule has 0 spiro atoms. The number of benzene rings is 3. The predicted molar refractivity (Wildman–Crippen MR) is 127 cm³/mol. The highest BCUT2D eigenvalue weighted by molar-refractivity contribution is 6.37. The highest BCUT2D eigenvalue weighted by Gasteiger charge is 2.33. The van der Waals surface area contributed by atoms with Crippen LogP contribution in [0.1, 0.15) is 27.3 Å². The lowest BCUT2D eigenvalue weighted by molar-refractivity contribution is -0.138. The number of amides is 1. The van der Waals surface area contributed by atoms with Crippen molar-refractivity contribution < 1.29 is 27.5 Å². The van der Waals surface area contributed by atoms with E-state index in [-0.39, 0.29) is 43.6 Å². The van der Waals surface area contributed by atoms with Gasteiger partial charge in [-0.15, -0.1) is 0 Å². The molecule has 0 radical (unpaired) electrons. The molecule has 0 aliphatic rings. The molecule has 186 valence electrons. The third-order valence-electron chi connectivity index (χ3n) is 5.43. The third kappa shape index (κ3) is 4.74. The Bertz CT molecular complexity index is 1560. The minimum Gasteiger partial charge on any atom is -0.505 e. The fourth-order valence-electron chi connectivity index (χ4n) is 3.68. The average molecular weight is 540 g/mol. The second-order valence-corrected chi connectivity index (χ2v) is 8.58. The van der Waals surface area contributed by atoms with Crippen LogP contribution < -0.4 is 10.9 Å². The number of carbonyl (C=O) groups excluding carboxylic acids is 1. The molecule has 2 N–H and O–H groups in total. The molecule has 0 fully saturated rings. The van der Waals surface area contributed by atoms with Crippen LogP contribution in [-0.2, 0) is 12.7 Å². The summed E-state index contributed by atoms with van der Waals surface area (Å²) < 4.78 is 56.0. The quantitative estimate of drug-likeness (QED) is 0.303. The van der Waals surface area contributed by atoms with Crippen molar-refractivity contribution >= 4 is 45.7 Å². The number of halogens is 6. The number of aromatic hydroxyl groups is 1. The third-order valence-corrected chi connectivity index (χ3v) is 6.01. The molecule has 0 atom stereocenters. The van der Waals surface area contributed by atoms with E-state index in [1.807, 2.05) is 0 Å². The summed E-state index contributed by atoms with van der Waals surface area (Å²) in [6.45, 7) is 0.874. The van der Waals surface area contributed by atoms with E-state index in [4.69, 9.17) is 23.2 Å². The zero-order chi connectivity index (χ0) is 26.4. The number of anilines is 1. The van der Waals surface area contributed by atoms with Gasteiger partial charge in [-0.1, -0.05) is 41.4 Å². The first kappa shape index (κ1) is 25.5. The number of aromatic nitrogens is 2. The molecule has 0 saturated heterocycles. The van der Waals surface area contributed by atoms with Gasteiger partial charge in [0.15, 0.2) is 5.75 Å². The number of fused-ring (bicyclic) bond motifs is 1. The number of carbonyl (C=O) groups is 1. The summed E-state index contributed by atoms with van der Waals surface area (Å²) in [5.74, 6) is -2.10. The fraction of sp³-hybridized carbons (Fsp3) is 0.125. The highest BCUT2D eigenvalue weighted by Crippen LogP contribution is 2.34. The van der Waals surface area contributed by atoms with E-state index in [9.17, 15) is 32.3 Å². The Morgan fingerprint density at radius 2 is 1.75 bits per heavy atom. The maximum absolute atomic E-state index is 14.6. The molecule has 3 aromatic carbocycles. The fourth-order valence-corrected chi connectivity index (χ4v) is 4.17. The zero-order valence-corrected chi connectivity index (χ0v) is 19.8. The summed E-state index contributed by atoms with van der Waals surface area (Å²) >= 11 is 11.7. The van der Waals surface area contributed by atoms with Gasteiger partial charge in [0.05, 0.1) is 33.2 Å². The Balaban J connectivity index is 1.83. The first-order valence-electron chi connectivity index (χ1n) is 10.2. The highest BCUT2D eigenvalue weighted by atomic mass is 35.5. The molecular weight excluding hydrogens is 525 g/mol. The van der Waals surface area contributed by atoms with E-state index in [0.717, 1.165) is 34.9 Å². The number of phenolic OH excluding ortho intramolecular Hbond substituents is 1. The van der Waals surface area contributed by atoms with Gasteiger partial charge >= 0.3 is 6.18 Å². The van der Waals surface area contributed by atoms with Crippen LogP contribution in [0, 0.1) is 12.7 Å². The summed E-state index contributed by atoms with van der Waals surface area (Å²) in [5.41, 5.74) is -2.53. The molecule has 6 nitrogen and oxygen atoms in total. The minimum atomic E-state index is -4.66. The van der Waals surface area contributed by atoms with Crippen molar-refractivity contribution in [3.05, 3.63) is 97.3 Å². The normalized spacial score (nSPS) is 11.6. The van der Waals surface area contributed by atoms with Crippen molar-refractivity contribution in [2.75, 3.05) is 5.32 Å². The van der Waals surface area contributed by atoms with E-state index < -0.39 is 41.3 Å². The number of hydrogen-bond acceptors (Lipinski definition) is 4. The van der Waals surface area contributed by atoms with Crippen molar-refractivity contribution in [1.82, 2.24) is 9.55 Å². The topological polar surface area (TPSA) is 84.2 Å². The van der Waals surface area contributed by atoms with Gasteiger partial charge in [-0.05, 0) is 42.8 Å². The van der Waals surface area contributed by atoms with Gasteiger partial charge in [-0.25, -0.2) is 9.37 Å². The van der Waals surface area contributed by atoms with Crippen molar-refractivity contribution in [2.45, 2.75) is 19.6 Å². The van der Waals surface area contributed by atoms with Crippen LogP contribution in [-0.4, -0.2) is 20.6 Å². The molecule has 0 bridgehead atoms. The molecule has 0 aliphatic heterocycles. The number of hydrogen-bond donors (Lipinski definition) is 2. The number of aryl methyl sites for hydroxylation is 1. The van der Waals surface area contributed by atoms with E-state index in [1.54, 1.807) is 0 Å². The molecule has 4 rings (SSSR count). The lowest BCUT2D eigenvalue weighted by Gasteiger charge is -2.17. The Labute approximate surface area is 210 Å². The monoisotopic (exact) mass is 539 g/mol. The van der Waals surface area contributed by atoms with Gasteiger partial charge in [0.2, 0.25) is 0 Å². The minimum absolute atomic E-state index is 0.0241. The maximum atomic E-state index is 14.6. The summed E-state index contributed by atoms with van der Waals surface area (Å²) in [5, 5.41) is 11.4. The van der Waals surface area contributed by atoms with E-state index >= 15 is 0 Å². The van der Waals surface area contributed by atoms with Crippen LogP contribution in [0.2, 0.25) is 10.0 Å². The van der Waals surface area contributed by atoms with E-state index in [2.05, 4.69) is 10.3 Å². The summed E-state index contributed by atoms with van der Waals surface area (Å²) in [4.78, 5) is 30.3. The lowest BCUT2D eigenvalue weighted by Crippen LogP contribution is -2.27. The molecule has 12 heteroatoms. The van der Waals surface area contributed by atoms with Gasteiger partial charge in [0, 0.05) is 5.56 Å². The molecule has 36 heavy (non-hydrogen) atoms. The lowest BCUT2D eigenvalue weighted by atomic mass is 10.1. The van der Waals surface area contributed by atoms with Gasteiger partial charge < -0.3 is 10.4 Å². The molecule has 1 aromatic heterocycles. The Morgan fingerprint density at radius 1 is 1.11 bits per heavy atom. The Kier molecular flexibility index (Phi) is 6.68. The summed E-state index contributed by atoms with van der Waals surface area (Å²) in [7, 11) is 0. The van der Waals surface area contributed by atoms with Crippen LogP contribution in [0.25, 0.3) is 10.9 Å². The van der Waals surface area contributed by atoms with Crippen molar-refractivity contribution in [1.29, 1.82) is 0 Å². The number of nitrogens with one attached hydrogen (secondary N) is 1. The van der Waals surface area contributed by atoms with Gasteiger partial charge in [-0.3, -0.25) is 14.2 Å². The van der Waals surface area contributed by atoms with Crippen molar-refractivity contribution in [2.24, 2.45) is 0 Å². The largest absolute Gasteiger partial charge is 0.505 e. The van der Waals surface area contributed by atoms with Crippen LogP contribution in [0.4, 0.5) is 23.2 Å². The van der Waals surface area contributed by atoms with Crippen molar-refractivity contribution in [3.63, 3.8) is 0 Å². The molecular formula is C24H15Cl2F4N3O3. The maximum Gasteiger partial charge on any atom is 0.416 e. The van der Waals surface area contributed by atoms with Gasteiger partial charge in [-0.2, -0.15) is 13.2 Å². The smallest absolute Gasteiger partial charge is 0.416 e. The van der Waals surface area contributed by atoms with Crippen LogP contribution in [0.3, 0.4) is 0 Å². The number of rotatable bonds is 4. The van der Waals surface area contributed by atoms with Crippen molar-refractivity contribution in [3.8, 4) is 5.75 Å². The van der Waals surface area contributed by atoms with Gasteiger partial charge in [0.25, 0.3) is 11.5 Å². The first-order chi connectivity index (χ1) is 16.9. The summed E-state index contributed by atoms with van der Waals surface area (Å²) in [6.07, 6.45) is -4.66. The standard InChI is InChI=1S/C24H15Cl2F4N3O3/c1-11-31-20-17(27)6-7-18(32-22(35)13-8-15(25)21(34)16(26)9-13)19(20)23(36)33(11)10-12-4-2-3-5-14(12)24(28,29)30/h2-9,34H,10H2,1H3,(H,32,35). The predicted octanol–water partition coefficient (Wildman–Crippen LogP) is 6.18. The molecule has 0 aliphatic carbocycles. The number of alkyl halides is 3. The van der Waals surface area contributed by atoms with Gasteiger partial charge in [0.1, 0.15) is 17.2 Å². The second kappa shape index (κ2) is 9.44. The van der Waals surface area contributed by atoms with Crippen LogP contribution >= 0.6 is 23.2 Å². The number of nitrogens with zero attached hydrogens (tertiary/aromatic N) is 2. The second-order valence-electron chi connectivity index (χ2n) is 7.77. The van der Waals surface area contributed by atoms with E-state index in [0.29, 0.717) is 0 Å².